The molecule has 1 fully saturated rings. The predicted octanol–water partition coefficient (Wildman–Crippen LogP) is 4.37. The van der Waals surface area contributed by atoms with Gasteiger partial charge in [0, 0.05) is 29.9 Å². The average molecular weight is 433 g/mol. The highest BCUT2D eigenvalue weighted by Crippen LogP contribution is 2.31. The van der Waals surface area contributed by atoms with Crippen LogP contribution in [0.15, 0.2) is 42.5 Å². The molecule has 0 saturated carbocycles. The van der Waals surface area contributed by atoms with Gasteiger partial charge in [-0.15, -0.1) is 0 Å². The summed E-state index contributed by atoms with van der Waals surface area (Å²) in [6, 6.07) is 9.14. The number of carbonyl (C=O) groups is 2. The molecule has 3 amide bonds. The largest absolute Gasteiger partial charge is 0.491 e. The molecule has 1 saturated heterocycles. The Morgan fingerprint density at radius 3 is 2.48 bits per heavy atom. The molecule has 9 heteroatoms. The first-order chi connectivity index (χ1) is 14.8. The number of rotatable bonds is 2. The van der Waals surface area contributed by atoms with Crippen LogP contribution in [-0.2, 0) is 12.7 Å². The minimum absolute atomic E-state index is 0.0514. The third kappa shape index (κ3) is 4.76. The first kappa shape index (κ1) is 21.0. The summed E-state index contributed by atoms with van der Waals surface area (Å²) in [5.74, 6) is 0.539. The Labute approximate surface area is 177 Å². The second-order valence-electron chi connectivity index (χ2n) is 7.60. The molecular formula is C22H22F3N3O3. The molecule has 2 aliphatic heterocycles. The first-order valence-corrected chi connectivity index (χ1v) is 10.1. The summed E-state index contributed by atoms with van der Waals surface area (Å²) in [5, 5.41) is 2.52. The number of benzene rings is 2. The van der Waals surface area contributed by atoms with E-state index in [1.165, 1.54) is 17.0 Å². The SMILES string of the molecule is O=C(Nc1cccc(C(F)(F)F)c1)N1CCOc2ccc(C(=O)N3CCCC3)cc2C1. The molecule has 1 N–H and O–H groups in total. The Kier molecular flexibility index (Phi) is 5.75. The van der Waals surface area contributed by atoms with E-state index in [1.807, 2.05) is 0 Å². The first-order valence-electron chi connectivity index (χ1n) is 10.1. The number of urea groups is 1. The number of alkyl halides is 3. The van der Waals surface area contributed by atoms with Crippen LogP contribution in [0.5, 0.6) is 5.75 Å². The van der Waals surface area contributed by atoms with Gasteiger partial charge in [-0.3, -0.25) is 4.79 Å². The molecule has 0 atom stereocenters. The molecule has 164 valence electrons. The number of fused-ring (bicyclic) bond motifs is 1. The van der Waals surface area contributed by atoms with E-state index in [9.17, 15) is 22.8 Å². The number of ether oxygens (including phenoxy) is 1. The van der Waals surface area contributed by atoms with Crippen LogP contribution < -0.4 is 10.1 Å². The lowest BCUT2D eigenvalue weighted by molar-refractivity contribution is -0.137. The molecule has 6 nitrogen and oxygen atoms in total. The summed E-state index contributed by atoms with van der Waals surface area (Å²) in [6.45, 7) is 2.15. The second kappa shape index (κ2) is 8.49. The van der Waals surface area contributed by atoms with Gasteiger partial charge in [0.25, 0.3) is 5.91 Å². The lowest BCUT2D eigenvalue weighted by Crippen LogP contribution is -2.36. The van der Waals surface area contributed by atoms with E-state index in [-0.39, 0.29) is 31.3 Å². The van der Waals surface area contributed by atoms with Crippen LogP contribution in [0.25, 0.3) is 0 Å². The molecule has 2 aliphatic rings. The molecule has 0 unspecified atom stereocenters. The van der Waals surface area contributed by atoms with Crippen molar-refractivity contribution in [2.45, 2.75) is 25.6 Å². The lowest BCUT2D eigenvalue weighted by atomic mass is 10.1. The Morgan fingerprint density at radius 1 is 0.968 bits per heavy atom. The summed E-state index contributed by atoms with van der Waals surface area (Å²) in [6.07, 6.45) is -2.51. The van der Waals surface area contributed by atoms with Gasteiger partial charge in [0.1, 0.15) is 12.4 Å². The van der Waals surface area contributed by atoms with Crippen molar-refractivity contribution in [3.63, 3.8) is 0 Å². The van der Waals surface area contributed by atoms with Crippen molar-refractivity contribution in [2.75, 3.05) is 31.6 Å². The van der Waals surface area contributed by atoms with Gasteiger partial charge in [0.05, 0.1) is 18.7 Å². The second-order valence-corrected chi connectivity index (χ2v) is 7.60. The maximum Gasteiger partial charge on any atom is 0.416 e. The number of nitrogens with zero attached hydrogens (tertiary/aromatic N) is 2. The molecule has 0 aliphatic carbocycles. The molecule has 2 aromatic rings. The van der Waals surface area contributed by atoms with E-state index in [4.69, 9.17) is 4.74 Å². The number of carbonyl (C=O) groups excluding carboxylic acids is 2. The van der Waals surface area contributed by atoms with Gasteiger partial charge < -0.3 is 19.9 Å². The van der Waals surface area contributed by atoms with Crippen molar-refractivity contribution in [3.8, 4) is 5.75 Å². The van der Waals surface area contributed by atoms with Crippen LogP contribution in [0.2, 0.25) is 0 Å². The normalized spacial score (nSPS) is 16.4. The molecule has 0 bridgehead atoms. The summed E-state index contributed by atoms with van der Waals surface area (Å²) in [5.41, 5.74) is 0.439. The standard InChI is InChI=1S/C22H22F3N3O3/c23-22(24,25)17-4-3-5-18(13-17)26-21(30)28-10-11-31-19-7-6-15(12-16(19)14-28)20(29)27-8-1-2-9-27/h3-7,12-13H,1-2,8-11,14H2,(H,26,30). The summed E-state index contributed by atoms with van der Waals surface area (Å²) in [4.78, 5) is 28.7. The quantitative estimate of drug-likeness (QED) is 0.765. The van der Waals surface area contributed by atoms with Gasteiger partial charge in [-0.1, -0.05) is 6.07 Å². The minimum Gasteiger partial charge on any atom is -0.491 e. The van der Waals surface area contributed by atoms with Crippen molar-refractivity contribution in [1.29, 1.82) is 0 Å². The highest BCUT2D eigenvalue weighted by molar-refractivity contribution is 5.95. The number of anilines is 1. The van der Waals surface area contributed by atoms with E-state index in [2.05, 4.69) is 5.32 Å². The van der Waals surface area contributed by atoms with Crippen molar-refractivity contribution in [3.05, 3.63) is 59.2 Å². The molecule has 2 aromatic carbocycles. The highest BCUT2D eigenvalue weighted by Gasteiger charge is 2.31. The van der Waals surface area contributed by atoms with E-state index in [0.717, 1.165) is 38.1 Å². The number of nitrogens with one attached hydrogen (secondary N) is 1. The number of likely N-dealkylation sites (tertiary alicyclic amines) is 1. The van der Waals surface area contributed by atoms with Gasteiger partial charge in [0.2, 0.25) is 0 Å². The number of halogens is 3. The van der Waals surface area contributed by atoms with E-state index < -0.39 is 17.8 Å². The van der Waals surface area contributed by atoms with Gasteiger partial charge in [0.15, 0.2) is 0 Å². The van der Waals surface area contributed by atoms with Crippen LogP contribution in [0.1, 0.15) is 34.3 Å². The van der Waals surface area contributed by atoms with Crippen LogP contribution in [0.3, 0.4) is 0 Å². The molecule has 31 heavy (non-hydrogen) atoms. The number of amides is 3. The van der Waals surface area contributed by atoms with E-state index in [1.54, 1.807) is 23.1 Å². The van der Waals surface area contributed by atoms with Gasteiger partial charge >= 0.3 is 12.2 Å². The molecule has 4 rings (SSSR count). The zero-order chi connectivity index (χ0) is 22.0. The zero-order valence-electron chi connectivity index (χ0n) is 16.7. The number of hydrogen-bond acceptors (Lipinski definition) is 3. The van der Waals surface area contributed by atoms with Crippen molar-refractivity contribution < 1.29 is 27.5 Å². The molecule has 0 spiro atoms. The minimum atomic E-state index is -4.49. The zero-order valence-corrected chi connectivity index (χ0v) is 16.7. The Morgan fingerprint density at radius 2 is 1.74 bits per heavy atom. The van der Waals surface area contributed by atoms with Gasteiger partial charge in [-0.05, 0) is 49.2 Å². The lowest BCUT2D eigenvalue weighted by Gasteiger charge is -2.21. The molecule has 0 aromatic heterocycles. The van der Waals surface area contributed by atoms with Crippen molar-refractivity contribution in [2.24, 2.45) is 0 Å². The molecule has 0 radical (unpaired) electrons. The predicted molar refractivity (Wildman–Crippen MR) is 108 cm³/mol. The maximum absolute atomic E-state index is 12.9. The smallest absolute Gasteiger partial charge is 0.416 e. The van der Waals surface area contributed by atoms with Gasteiger partial charge in [-0.25, -0.2) is 4.79 Å². The van der Waals surface area contributed by atoms with Crippen LogP contribution in [-0.4, -0.2) is 48.0 Å². The van der Waals surface area contributed by atoms with E-state index in [0.29, 0.717) is 16.9 Å². The third-order valence-corrected chi connectivity index (χ3v) is 5.41. The van der Waals surface area contributed by atoms with Crippen LogP contribution in [0.4, 0.5) is 23.7 Å². The topological polar surface area (TPSA) is 61.9 Å². The fourth-order valence-electron chi connectivity index (χ4n) is 3.78. The maximum atomic E-state index is 12.9. The third-order valence-electron chi connectivity index (χ3n) is 5.41. The Balaban J connectivity index is 1.49. The van der Waals surface area contributed by atoms with Crippen LogP contribution >= 0.6 is 0 Å². The van der Waals surface area contributed by atoms with Crippen molar-refractivity contribution in [1.82, 2.24) is 9.80 Å². The summed E-state index contributed by atoms with van der Waals surface area (Å²) in [7, 11) is 0. The average Bonchev–Trinajstić information content (AvgIpc) is 3.19. The highest BCUT2D eigenvalue weighted by atomic mass is 19.4. The van der Waals surface area contributed by atoms with Crippen LogP contribution in [0, 0.1) is 0 Å². The van der Waals surface area contributed by atoms with Crippen molar-refractivity contribution >= 4 is 17.6 Å². The fourth-order valence-corrected chi connectivity index (χ4v) is 3.78. The molecular weight excluding hydrogens is 411 g/mol. The Hall–Kier alpha value is -3.23. The monoisotopic (exact) mass is 433 g/mol. The molecule has 2 heterocycles. The summed E-state index contributed by atoms with van der Waals surface area (Å²) >= 11 is 0. The van der Waals surface area contributed by atoms with Gasteiger partial charge in [-0.2, -0.15) is 13.2 Å². The Bertz CT molecular complexity index is 987. The summed E-state index contributed by atoms with van der Waals surface area (Å²) < 4.78 is 44.5. The fraction of sp³-hybridized carbons (Fsp3) is 0.364. The van der Waals surface area contributed by atoms with E-state index >= 15 is 0 Å². The number of hydrogen-bond donors (Lipinski definition) is 1.